The van der Waals surface area contributed by atoms with Crippen molar-refractivity contribution in [2.24, 2.45) is 11.1 Å². The van der Waals surface area contributed by atoms with Crippen LogP contribution in [0.15, 0.2) is 16.6 Å². The molecule has 0 amide bonds. The van der Waals surface area contributed by atoms with E-state index in [1.807, 2.05) is 13.8 Å². The number of benzene rings is 1. The van der Waals surface area contributed by atoms with Gasteiger partial charge in [-0.25, -0.2) is 8.78 Å². The molecule has 0 aliphatic heterocycles. The monoisotopic (exact) mass is 319 g/mol. The minimum atomic E-state index is -0.694. The van der Waals surface area contributed by atoms with Crippen LogP contribution in [0.4, 0.5) is 8.78 Å². The Bertz CT molecular complexity index is 445. The van der Waals surface area contributed by atoms with Gasteiger partial charge in [-0.1, -0.05) is 13.8 Å². The van der Waals surface area contributed by atoms with Gasteiger partial charge in [-0.05, 0) is 28.4 Å². The molecule has 0 spiro atoms. The molecule has 0 heterocycles. The molecule has 3 atom stereocenters. The first-order chi connectivity index (χ1) is 8.38. The van der Waals surface area contributed by atoms with Crippen molar-refractivity contribution in [1.82, 2.24) is 0 Å². The van der Waals surface area contributed by atoms with E-state index in [0.717, 1.165) is 12.5 Å². The summed E-state index contributed by atoms with van der Waals surface area (Å²) in [6, 6.07) is 2.08. The third-order valence-electron chi connectivity index (χ3n) is 4.04. The topological polar surface area (TPSA) is 35.2 Å². The Labute approximate surface area is 114 Å². The Morgan fingerprint density at radius 2 is 2.17 bits per heavy atom. The molecule has 0 bridgehead atoms. The van der Waals surface area contributed by atoms with E-state index in [4.69, 9.17) is 10.5 Å². The fourth-order valence-electron chi connectivity index (χ4n) is 2.30. The first-order valence-electron chi connectivity index (χ1n) is 5.95. The van der Waals surface area contributed by atoms with Crippen LogP contribution >= 0.6 is 15.9 Å². The average Bonchev–Trinajstić information content (AvgIpc) is 2.30. The SMILES string of the molecule is CCC1(C)C(N)CC1Oc1c(F)cc(F)cc1Br. The van der Waals surface area contributed by atoms with E-state index >= 15 is 0 Å². The summed E-state index contributed by atoms with van der Waals surface area (Å²) < 4.78 is 32.6. The number of hydrogen-bond acceptors (Lipinski definition) is 2. The first kappa shape index (κ1) is 13.7. The molecule has 100 valence electrons. The minimum Gasteiger partial charge on any atom is -0.485 e. The van der Waals surface area contributed by atoms with Crippen LogP contribution in [0.5, 0.6) is 5.75 Å². The van der Waals surface area contributed by atoms with Crippen molar-refractivity contribution in [3.8, 4) is 5.75 Å². The van der Waals surface area contributed by atoms with Crippen molar-refractivity contribution >= 4 is 15.9 Å². The van der Waals surface area contributed by atoms with Crippen LogP contribution in [0, 0.1) is 17.0 Å². The zero-order chi connectivity index (χ0) is 13.5. The standard InChI is InChI=1S/C13H16BrF2NO/c1-3-13(2)10(17)6-11(13)18-12-8(14)4-7(15)5-9(12)16/h4-5,10-11H,3,6,17H2,1-2H3. The molecule has 2 N–H and O–H groups in total. The fraction of sp³-hybridized carbons (Fsp3) is 0.538. The van der Waals surface area contributed by atoms with Gasteiger partial charge in [-0.2, -0.15) is 0 Å². The number of hydrogen-bond donors (Lipinski definition) is 1. The molecule has 0 aromatic heterocycles. The van der Waals surface area contributed by atoms with Gasteiger partial charge in [0.1, 0.15) is 11.9 Å². The van der Waals surface area contributed by atoms with Crippen LogP contribution in [-0.2, 0) is 0 Å². The molecule has 2 rings (SSSR count). The molecule has 1 fully saturated rings. The third-order valence-corrected chi connectivity index (χ3v) is 4.62. The lowest BCUT2D eigenvalue weighted by Crippen LogP contribution is -2.61. The summed E-state index contributed by atoms with van der Waals surface area (Å²) in [6.07, 6.45) is 1.42. The maximum Gasteiger partial charge on any atom is 0.169 e. The molecular weight excluding hydrogens is 304 g/mol. The lowest BCUT2D eigenvalue weighted by Gasteiger charge is -2.51. The third kappa shape index (κ3) is 2.14. The van der Waals surface area contributed by atoms with Crippen LogP contribution in [-0.4, -0.2) is 12.1 Å². The predicted molar refractivity (Wildman–Crippen MR) is 69.5 cm³/mol. The van der Waals surface area contributed by atoms with Gasteiger partial charge in [0, 0.05) is 23.9 Å². The summed E-state index contributed by atoms with van der Waals surface area (Å²) in [5.41, 5.74) is 5.81. The highest BCUT2D eigenvalue weighted by Gasteiger charge is 2.50. The van der Waals surface area contributed by atoms with E-state index < -0.39 is 11.6 Å². The number of nitrogens with two attached hydrogens (primary N) is 1. The summed E-state index contributed by atoms with van der Waals surface area (Å²) in [6.45, 7) is 4.06. The van der Waals surface area contributed by atoms with Gasteiger partial charge in [0.05, 0.1) is 4.47 Å². The number of rotatable bonds is 3. The molecule has 1 saturated carbocycles. The fourth-order valence-corrected chi connectivity index (χ4v) is 2.81. The van der Waals surface area contributed by atoms with Crippen molar-refractivity contribution in [2.75, 3.05) is 0 Å². The summed E-state index contributed by atoms with van der Waals surface area (Å²) in [7, 11) is 0. The Morgan fingerprint density at radius 3 is 2.67 bits per heavy atom. The van der Waals surface area contributed by atoms with Crippen LogP contribution in [0.3, 0.4) is 0 Å². The van der Waals surface area contributed by atoms with Crippen LogP contribution in [0.1, 0.15) is 26.7 Å². The van der Waals surface area contributed by atoms with Gasteiger partial charge in [-0.3, -0.25) is 0 Å². The second-order valence-corrected chi connectivity index (χ2v) is 5.86. The summed E-state index contributed by atoms with van der Waals surface area (Å²) in [4.78, 5) is 0. The molecule has 1 aromatic carbocycles. The summed E-state index contributed by atoms with van der Waals surface area (Å²) in [5, 5.41) is 0. The lowest BCUT2D eigenvalue weighted by molar-refractivity contribution is -0.0581. The van der Waals surface area contributed by atoms with Crippen molar-refractivity contribution in [1.29, 1.82) is 0 Å². The van der Waals surface area contributed by atoms with E-state index in [1.54, 1.807) is 0 Å². The van der Waals surface area contributed by atoms with Crippen LogP contribution in [0.25, 0.3) is 0 Å². The van der Waals surface area contributed by atoms with Crippen LogP contribution < -0.4 is 10.5 Å². The van der Waals surface area contributed by atoms with E-state index in [9.17, 15) is 8.78 Å². The highest BCUT2D eigenvalue weighted by Crippen LogP contribution is 2.46. The Morgan fingerprint density at radius 1 is 1.50 bits per heavy atom. The van der Waals surface area contributed by atoms with Crippen molar-refractivity contribution in [3.05, 3.63) is 28.2 Å². The lowest BCUT2D eigenvalue weighted by atomic mass is 9.62. The molecule has 1 aromatic rings. The number of ether oxygens (including phenoxy) is 1. The van der Waals surface area contributed by atoms with E-state index in [2.05, 4.69) is 15.9 Å². The van der Waals surface area contributed by atoms with Crippen molar-refractivity contribution in [3.63, 3.8) is 0 Å². The zero-order valence-corrected chi connectivity index (χ0v) is 11.9. The van der Waals surface area contributed by atoms with Gasteiger partial charge in [0.2, 0.25) is 0 Å². The molecule has 2 nitrogen and oxygen atoms in total. The molecule has 0 saturated heterocycles. The Balaban J connectivity index is 2.21. The normalized spacial score (nSPS) is 31.0. The van der Waals surface area contributed by atoms with Crippen molar-refractivity contribution < 1.29 is 13.5 Å². The Hall–Kier alpha value is -0.680. The van der Waals surface area contributed by atoms with E-state index in [-0.39, 0.29) is 23.3 Å². The van der Waals surface area contributed by atoms with Crippen LogP contribution in [0.2, 0.25) is 0 Å². The van der Waals surface area contributed by atoms with Gasteiger partial charge < -0.3 is 10.5 Å². The summed E-state index contributed by atoms with van der Waals surface area (Å²) >= 11 is 3.12. The molecule has 5 heteroatoms. The smallest absolute Gasteiger partial charge is 0.169 e. The molecule has 0 radical (unpaired) electrons. The molecule has 18 heavy (non-hydrogen) atoms. The van der Waals surface area contributed by atoms with E-state index in [1.165, 1.54) is 6.07 Å². The highest BCUT2D eigenvalue weighted by molar-refractivity contribution is 9.10. The zero-order valence-electron chi connectivity index (χ0n) is 10.3. The predicted octanol–water partition coefficient (Wildman–Crippen LogP) is 3.62. The maximum atomic E-state index is 13.7. The quantitative estimate of drug-likeness (QED) is 0.923. The molecule has 3 unspecified atom stereocenters. The van der Waals surface area contributed by atoms with Gasteiger partial charge in [0.25, 0.3) is 0 Å². The molecular formula is C13H16BrF2NO. The largest absolute Gasteiger partial charge is 0.485 e. The van der Waals surface area contributed by atoms with Gasteiger partial charge >= 0.3 is 0 Å². The first-order valence-corrected chi connectivity index (χ1v) is 6.74. The number of halogens is 3. The Kier molecular flexibility index (Phi) is 3.65. The van der Waals surface area contributed by atoms with E-state index in [0.29, 0.717) is 10.9 Å². The second kappa shape index (κ2) is 4.78. The second-order valence-electron chi connectivity index (χ2n) is 5.01. The summed E-state index contributed by atoms with van der Waals surface area (Å²) in [5.74, 6) is -1.26. The van der Waals surface area contributed by atoms with Crippen molar-refractivity contribution in [2.45, 2.75) is 38.8 Å². The van der Waals surface area contributed by atoms with Gasteiger partial charge in [0.15, 0.2) is 11.6 Å². The molecule has 1 aliphatic carbocycles. The van der Waals surface area contributed by atoms with Gasteiger partial charge in [-0.15, -0.1) is 0 Å². The minimum absolute atomic E-state index is 0.0629. The maximum absolute atomic E-state index is 13.7. The molecule has 1 aliphatic rings. The average molecular weight is 320 g/mol. The highest BCUT2D eigenvalue weighted by atomic mass is 79.9.